The second-order valence-electron chi connectivity index (χ2n) is 14.0. The lowest BCUT2D eigenvalue weighted by atomic mass is 9.98. The minimum Gasteiger partial charge on any atom is -0.394 e. The van der Waals surface area contributed by atoms with Crippen LogP contribution in [0.4, 0.5) is 0 Å². The van der Waals surface area contributed by atoms with Gasteiger partial charge in [-0.3, -0.25) is 4.79 Å². The van der Waals surface area contributed by atoms with Gasteiger partial charge in [0.25, 0.3) is 0 Å². The number of aliphatic hydroxyl groups excluding tert-OH is 7. The Labute approximate surface area is 307 Å². The third kappa shape index (κ3) is 21.6. The first-order valence-corrected chi connectivity index (χ1v) is 19.9. The predicted octanol–water partition coefficient (Wildman–Crippen LogP) is 4.88. The van der Waals surface area contributed by atoms with Crippen molar-refractivity contribution in [1.82, 2.24) is 5.32 Å². The van der Waals surface area contributed by atoms with E-state index in [4.69, 9.17) is 9.47 Å². The molecule has 0 aromatic rings. The fourth-order valence-corrected chi connectivity index (χ4v) is 5.98. The first kappa shape index (κ1) is 47.4. The summed E-state index contributed by atoms with van der Waals surface area (Å²) in [5.74, 6) is -0.732. The van der Waals surface area contributed by atoms with Gasteiger partial charge in [-0.25, -0.2) is 0 Å². The third-order valence-electron chi connectivity index (χ3n) is 9.39. The van der Waals surface area contributed by atoms with Crippen molar-refractivity contribution in [1.29, 1.82) is 0 Å². The fourth-order valence-electron chi connectivity index (χ4n) is 5.98. The van der Waals surface area contributed by atoms with Crippen LogP contribution in [0.15, 0.2) is 36.5 Å². The van der Waals surface area contributed by atoms with Crippen molar-refractivity contribution in [3.05, 3.63) is 36.5 Å². The predicted molar refractivity (Wildman–Crippen MR) is 201 cm³/mol. The Morgan fingerprint density at radius 3 is 1.78 bits per heavy atom. The van der Waals surface area contributed by atoms with Gasteiger partial charge in [0, 0.05) is 0 Å². The lowest BCUT2D eigenvalue weighted by Crippen LogP contribution is -2.60. The van der Waals surface area contributed by atoms with Crippen molar-refractivity contribution in [2.24, 2.45) is 0 Å². The van der Waals surface area contributed by atoms with Crippen molar-refractivity contribution in [3.63, 3.8) is 0 Å². The molecule has 0 saturated carbocycles. The maximum absolute atomic E-state index is 13.0. The number of ether oxygens (including phenoxy) is 2. The lowest BCUT2D eigenvalue weighted by molar-refractivity contribution is -0.303. The van der Waals surface area contributed by atoms with Crippen LogP contribution in [0.1, 0.15) is 142 Å². The molecule has 1 aliphatic heterocycles. The van der Waals surface area contributed by atoms with Gasteiger partial charge < -0.3 is 50.5 Å². The first-order valence-electron chi connectivity index (χ1n) is 19.9. The summed E-state index contributed by atoms with van der Waals surface area (Å²) < 4.78 is 11.0. The van der Waals surface area contributed by atoms with Crippen LogP contribution in [0.2, 0.25) is 0 Å². The summed E-state index contributed by atoms with van der Waals surface area (Å²) in [6.45, 7) is 3.32. The van der Waals surface area contributed by atoms with Gasteiger partial charge in [0.1, 0.15) is 36.6 Å². The quantitative estimate of drug-likeness (QED) is 0.0361. The highest BCUT2D eigenvalue weighted by atomic mass is 16.7. The van der Waals surface area contributed by atoms with Crippen LogP contribution in [-0.4, -0.2) is 110 Å². The molecule has 1 aliphatic rings. The lowest BCUT2D eigenvalue weighted by Gasteiger charge is -2.40. The van der Waals surface area contributed by atoms with E-state index in [1.165, 1.54) is 57.8 Å². The Morgan fingerprint density at radius 2 is 1.18 bits per heavy atom. The zero-order chi connectivity index (χ0) is 37.7. The van der Waals surface area contributed by atoms with E-state index in [9.17, 15) is 40.5 Å². The summed E-state index contributed by atoms with van der Waals surface area (Å²) in [5.41, 5.74) is 0. The number of carbonyl (C=O) groups is 1. The highest BCUT2D eigenvalue weighted by Crippen LogP contribution is 2.23. The van der Waals surface area contributed by atoms with Gasteiger partial charge in [-0.2, -0.15) is 0 Å². The first-order chi connectivity index (χ1) is 24.7. The number of hydrogen-bond donors (Lipinski definition) is 8. The van der Waals surface area contributed by atoms with Gasteiger partial charge in [-0.1, -0.05) is 102 Å². The number of unbranched alkanes of at least 4 members (excludes halogenated alkanes) is 13. The smallest absolute Gasteiger partial charge is 0.249 e. The molecule has 1 rings (SSSR count). The topological polar surface area (TPSA) is 189 Å². The summed E-state index contributed by atoms with van der Waals surface area (Å²) in [6.07, 6.45) is 20.7. The van der Waals surface area contributed by atoms with Gasteiger partial charge >= 0.3 is 0 Å². The van der Waals surface area contributed by atoms with Crippen LogP contribution in [0, 0.1) is 0 Å². The Bertz CT molecular complexity index is 929. The molecule has 1 amide bonds. The van der Waals surface area contributed by atoms with E-state index in [1.54, 1.807) is 0 Å². The molecular formula is C40H73NO10. The van der Waals surface area contributed by atoms with Gasteiger partial charge in [0.2, 0.25) is 5.91 Å². The summed E-state index contributed by atoms with van der Waals surface area (Å²) in [7, 11) is 0. The van der Waals surface area contributed by atoms with Crippen molar-refractivity contribution < 1.29 is 50.0 Å². The number of allylic oxidation sites excluding steroid dienone is 6. The molecule has 1 fully saturated rings. The Balaban J connectivity index is 2.62. The zero-order valence-electron chi connectivity index (χ0n) is 31.6. The summed E-state index contributed by atoms with van der Waals surface area (Å²) in [6, 6.07) is -1.20. The van der Waals surface area contributed by atoms with Crippen LogP contribution in [0.5, 0.6) is 0 Å². The van der Waals surface area contributed by atoms with Gasteiger partial charge in [0.05, 0.1) is 25.4 Å². The second-order valence-corrected chi connectivity index (χ2v) is 14.0. The standard InChI is InChI=1S/C40H73NO10/c1-3-5-7-9-11-13-15-17-19-21-23-25-27-32(43)35(45)31(30-50-40-38(48)37(47)36(46)34(29-42)51-40)41-39(49)33(44)28-26-24-22-20-18-16-14-12-10-8-6-4-2/h11,13,18-21,31-38,40,42-48H,3-10,12,14-17,22-30H2,1-2H3,(H,41,49)/b13-11+,20-18-,21-19+. The average Bonchev–Trinajstić information content (AvgIpc) is 3.13. The zero-order valence-corrected chi connectivity index (χ0v) is 31.6. The number of hydrogen-bond acceptors (Lipinski definition) is 10. The molecule has 11 nitrogen and oxygen atoms in total. The molecule has 298 valence electrons. The van der Waals surface area contributed by atoms with E-state index in [0.29, 0.717) is 19.3 Å². The number of amides is 1. The Hall–Kier alpha value is -1.67. The van der Waals surface area contributed by atoms with E-state index in [-0.39, 0.29) is 12.8 Å². The maximum Gasteiger partial charge on any atom is 0.249 e. The number of carbonyl (C=O) groups excluding carboxylic acids is 1. The van der Waals surface area contributed by atoms with Crippen molar-refractivity contribution in [3.8, 4) is 0 Å². The molecule has 0 aromatic carbocycles. The fraction of sp³-hybridized carbons (Fsp3) is 0.825. The minimum absolute atomic E-state index is 0.219. The van der Waals surface area contributed by atoms with E-state index in [2.05, 4.69) is 49.5 Å². The molecule has 0 aliphatic carbocycles. The molecule has 1 heterocycles. The van der Waals surface area contributed by atoms with Crippen LogP contribution in [0.3, 0.4) is 0 Å². The van der Waals surface area contributed by atoms with Gasteiger partial charge in [0.15, 0.2) is 6.29 Å². The molecule has 9 atom stereocenters. The van der Waals surface area contributed by atoms with Crippen molar-refractivity contribution in [2.45, 2.75) is 197 Å². The highest BCUT2D eigenvalue weighted by Gasteiger charge is 2.44. The largest absolute Gasteiger partial charge is 0.394 e. The summed E-state index contributed by atoms with van der Waals surface area (Å²) >= 11 is 0. The summed E-state index contributed by atoms with van der Waals surface area (Å²) in [5, 5.41) is 75.1. The van der Waals surface area contributed by atoms with E-state index in [0.717, 1.165) is 38.5 Å². The molecular weight excluding hydrogens is 654 g/mol. The van der Waals surface area contributed by atoms with E-state index in [1.807, 2.05) is 6.08 Å². The average molecular weight is 728 g/mol. The summed E-state index contributed by atoms with van der Waals surface area (Å²) in [4.78, 5) is 13.0. The SMILES string of the molecule is CCCCC/C=C/CC/C=C/CCCC(O)C(O)C(COC1OC(CO)C(O)C(O)C1O)NC(=O)C(O)CCCC/C=C\CCCCCCCC. The Morgan fingerprint density at radius 1 is 0.667 bits per heavy atom. The molecule has 9 unspecified atom stereocenters. The maximum atomic E-state index is 13.0. The second kappa shape index (κ2) is 30.8. The van der Waals surface area contributed by atoms with Gasteiger partial charge in [-0.05, 0) is 77.0 Å². The van der Waals surface area contributed by atoms with Crippen LogP contribution in [0.25, 0.3) is 0 Å². The minimum atomic E-state index is -1.67. The molecule has 0 radical (unpaired) electrons. The third-order valence-corrected chi connectivity index (χ3v) is 9.39. The molecule has 51 heavy (non-hydrogen) atoms. The number of rotatable bonds is 31. The molecule has 11 heteroatoms. The molecule has 0 bridgehead atoms. The monoisotopic (exact) mass is 728 g/mol. The van der Waals surface area contributed by atoms with Crippen LogP contribution in [-0.2, 0) is 14.3 Å². The molecule has 0 spiro atoms. The van der Waals surface area contributed by atoms with E-state index >= 15 is 0 Å². The molecule has 8 N–H and O–H groups in total. The highest BCUT2D eigenvalue weighted by molar-refractivity contribution is 5.80. The molecule has 1 saturated heterocycles. The number of nitrogens with one attached hydrogen (secondary N) is 1. The normalized spacial score (nSPS) is 23.7. The van der Waals surface area contributed by atoms with Crippen molar-refractivity contribution in [2.75, 3.05) is 13.2 Å². The van der Waals surface area contributed by atoms with Crippen LogP contribution >= 0.6 is 0 Å². The van der Waals surface area contributed by atoms with Crippen LogP contribution < -0.4 is 5.32 Å². The Kier molecular flexibility index (Phi) is 28.6. The van der Waals surface area contributed by atoms with Crippen molar-refractivity contribution >= 4 is 5.91 Å². The molecule has 0 aromatic heterocycles. The van der Waals surface area contributed by atoms with Gasteiger partial charge in [-0.15, -0.1) is 0 Å². The number of aliphatic hydroxyl groups is 7. The van der Waals surface area contributed by atoms with E-state index < -0.39 is 74.2 Å².